The molecule has 0 aromatic heterocycles. The zero-order valence-corrected chi connectivity index (χ0v) is 11.7. The maximum atomic E-state index is 13.1. The summed E-state index contributed by atoms with van der Waals surface area (Å²) in [7, 11) is 1.99. The lowest BCUT2D eigenvalue weighted by atomic mass is 10.1. The monoisotopic (exact) mass is 252 g/mol. The molecular weight excluding hydrogens is 227 g/mol. The van der Waals surface area contributed by atoms with E-state index in [1.54, 1.807) is 6.07 Å². The predicted octanol–water partition coefficient (Wildman–Crippen LogP) is 2.51. The molecule has 0 spiro atoms. The molecule has 0 heterocycles. The van der Waals surface area contributed by atoms with Crippen LogP contribution in [0.5, 0.6) is 0 Å². The van der Waals surface area contributed by atoms with Crippen molar-refractivity contribution < 1.29 is 4.39 Å². The van der Waals surface area contributed by atoms with Crippen LogP contribution in [0.2, 0.25) is 0 Å². The molecule has 1 atom stereocenters. The van der Waals surface area contributed by atoms with Gasteiger partial charge in [0, 0.05) is 0 Å². The fourth-order valence-corrected chi connectivity index (χ4v) is 2.05. The SMILES string of the molecule is CCC(CNC)CNCCc1ccc(F)c(C)c1. The van der Waals surface area contributed by atoms with Crippen molar-refractivity contribution in [2.24, 2.45) is 5.92 Å². The van der Waals surface area contributed by atoms with Gasteiger partial charge in [0.1, 0.15) is 5.82 Å². The Morgan fingerprint density at radius 3 is 2.67 bits per heavy atom. The molecule has 0 saturated carbocycles. The number of rotatable bonds is 8. The molecule has 1 rings (SSSR count). The van der Waals surface area contributed by atoms with Crippen LogP contribution in [0.25, 0.3) is 0 Å². The Hall–Kier alpha value is -0.930. The van der Waals surface area contributed by atoms with Crippen LogP contribution in [0.1, 0.15) is 24.5 Å². The van der Waals surface area contributed by atoms with E-state index in [2.05, 4.69) is 17.6 Å². The van der Waals surface area contributed by atoms with E-state index in [0.29, 0.717) is 5.92 Å². The van der Waals surface area contributed by atoms with E-state index in [1.165, 1.54) is 12.0 Å². The van der Waals surface area contributed by atoms with E-state index in [0.717, 1.165) is 31.6 Å². The van der Waals surface area contributed by atoms with Crippen LogP contribution in [0.4, 0.5) is 4.39 Å². The molecule has 0 radical (unpaired) electrons. The van der Waals surface area contributed by atoms with Crippen molar-refractivity contribution in [2.45, 2.75) is 26.7 Å². The van der Waals surface area contributed by atoms with E-state index >= 15 is 0 Å². The molecule has 0 aliphatic carbocycles. The normalized spacial score (nSPS) is 12.7. The third kappa shape index (κ3) is 5.15. The quantitative estimate of drug-likeness (QED) is 0.695. The summed E-state index contributed by atoms with van der Waals surface area (Å²) in [6, 6.07) is 5.36. The van der Waals surface area contributed by atoms with Gasteiger partial charge in [-0.15, -0.1) is 0 Å². The molecule has 18 heavy (non-hydrogen) atoms. The zero-order chi connectivity index (χ0) is 13.4. The molecule has 1 aromatic carbocycles. The minimum Gasteiger partial charge on any atom is -0.319 e. The second-order valence-corrected chi connectivity index (χ2v) is 4.87. The summed E-state index contributed by atoms with van der Waals surface area (Å²) in [5, 5.41) is 6.68. The van der Waals surface area contributed by atoms with Gasteiger partial charge in [0.2, 0.25) is 0 Å². The van der Waals surface area contributed by atoms with Crippen molar-refractivity contribution in [3.05, 3.63) is 35.1 Å². The lowest BCUT2D eigenvalue weighted by Gasteiger charge is -2.15. The second-order valence-electron chi connectivity index (χ2n) is 4.87. The topological polar surface area (TPSA) is 24.1 Å². The number of hydrogen-bond donors (Lipinski definition) is 2. The molecule has 102 valence electrons. The van der Waals surface area contributed by atoms with Crippen molar-refractivity contribution in [2.75, 3.05) is 26.7 Å². The van der Waals surface area contributed by atoms with E-state index in [9.17, 15) is 4.39 Å². The summed E-state index contributed by atoms with van der Waals surface area (Å²) in [6.45, 7) is 7.07. The summed E-state index contributed by atoms with van der Waals surface area (Å²) in [6.07, 6.45) is 2.14. The van der Waals surface area contributed by atoms with Crippen molar-refractivity contribution in [3.63, 3.8) is 0 Å². The van der Waals surface area contributed by atoms with Crippen molar-refractivity contribution in [1.29, 1.82) is 0 Å². The van der Waals surface area contributed by atoms with Crippen molar-refractivity contribution in [1.82, 2.24) is 10.6 Å². The highest BCUT2D eigenvalue weighted by Gasteiger charge is 2.04. The Balaban J connectivity index is 2.26. The summed E-state index contributed by atoms with van der Waals surface area (Å²) in [5.74, 6) is 0.566. The van der Waals surface area contributed by atoms with Gasteiger partial charge in [-0.1, -0.05) is 25.5 Å². The first kappa shape index (κ1) is 15.1. The highest BCUT2D eigenvalue weighted by Crippen LogP contribution is 2.09. The molecule has 3 heteroatoms. The minimum atomic E-state index is -0.119. The Morgan fingerprint density at radius 1 is 1.28 bits per heavy atom. The molecule has 2 nitrogen and oxygen atoms in total. The van der Waals surface area contributed by atoms with Gasteiger partial charge in [0.15, 0.2) is 0 Å². The molecule has 0 fully saturated rings. The number of benzene rings is 1. The van der Waals surface area contributed by atoms with Gasteiger partial charge >= 0.3 is 0 Å². The number of nitrogens with one attached hydrogen (secondary N) is 2. The zero-order valence-electron chi connectivity index (χ0n) is 11.7. The molecule has 0 aliphatic heterocycles. The third-order valence-electron chi connectivity index (χ3n) is 3.32. The van der Waals surface area contributed by atoms with Crippen LogP contribution in [-0.2, 0) is 6.42 Å². The van der Waals surface area contributed by atoms with Gasteiger partial charge in [-0.25, -0.2) is 4.39 Å². The Bertz CT molecular complexity index is 352. The summed E-state index contributed by atoms with van der Waals surface area (Å²) >= 11 is 0. The first-order valence-electron chi connectivity index (χ1n) is 6.77. The Kier molecular flexibility index (Phi) is 6.91. The van der Waals surface area contributed by atoms with Crippen LogP contribution < -0.4 is 10.6 Å². The van der Waals surface area contributed by atoms with Crippen LogP contribution in [0.15, 0.2) is 18.2 Å². The van der Waals surface area contributed by atoms with E-state index < -0.39 is 0 Å². The molecule has 0 saturated heterocycles. The van der Waals surface area contributed by atoms with Gasteiger partial charge in [-0.3, -0.25) is 0 Å². The fourth-order valence-electron chi connectivity index (χ4n) is 2.05. The fraction of sp³-hybridized carbons (Fsp3) is 0.600. The molecule has 0 bridgehead atoms. The molecule has 1 aromatic rings. The number of halogens is 1. The summed E-state index contributed by atoms with van der Waals surface area (Å²) in [4.78, 5) is 0. The first-order valence-corrected chi connectivity index (χ1v) is 6.77. The van der Waals surface area contributed by atoms with Crippen LogP contribution in [-0.4, -0.2) is 26.7 Å². The van der Waals surface area contributed by atoms with E-state index in [1.807, 2.05) is 26.1 Å². The van der Waals surface area contributed by atoms with Crippen molar-refractivity contribution >= 4 is 0 Å². The maximum Gasteiger partial charge on any atom is 0.126 e. The highest BCUT2D eigenvalue weighted by molar-refractivity contribution is 5.24. The molecule has 0 aliphatic rings. The average Bonchev–Trinajstić information content (AvgIpc) is 2.37. The average molecular weight is 252 g/mol. The van der Waals surface area contributed by atoms with Crippen LogP contribution >= 0.6 is 0 Å². The molecule has 2 N–H and O–H groups in total. The predicted molar refractivity (Wildman–Crippen MR) is 75.4 cm³/mol. The van der Waals surface area contributed by atoms with Gasteiger partial charge in [0.25, 0.3) is 0 Å². The van der Waals surface area contributed by atoms with Gasteiger partial charge in [-0.2, -0.15) is 0 Å². The first-order chi connectivity index (χ1) is 8.67. The Labute approximate surface area is 110 Å². The van der Waals surface area contributed by atoms with Crippen molar-refractivity contribution in [3.8, 4) is 0 Å². The lowest BCUT2D eigenvalue weighted by Crippen LogP contribution is -2.30. The maximum absolute atomic E-state index is 13.1. The summed E-state index contributed by atoms with van der Waals surface area (Å²) in [5.41, 5.74) is 1.93. The largest absolute Gasteiger partial charge is 0.319 e. The van der Waals surface area contributed by atoms with E-state index in [4.69, 9.17) is 0 Å². The van der Waals surface area contributed by atoms with E-state index in [-0.39, 0.29) is 5.82 Å². The standard InChI is InChI=1S/C15H25FN2/c1-4-13(10-17-3)11-18-8-7-14-5-6-15(16)12(2)9-14/h5-6,9,13,17-18H,4,7-8,10-11H2,1-3H3. The van der Waals surface area contributed by atoms with Crippen LogP contribution in [0, 0.1) is 18.7 Å². The third-order valence-corrected chi connectivity index (χ3v) is 3.32. The molecule has 0 amide bonds. The number of hydrogen-bond acceptors (Lipinski definition) is 2. The molecule has 1 unspecified atom stereocenters. The van der Waals surface area contributed by atoms with Gasteiger partial charge < -0.3 is 10.6 Å². The summed E-state index contributed by atoms with van der Waals surface area (Å²) < 4.78 is 13.1. The highest BCUT2D eigenvalue weighted by atomic mass is 19.1. The van der Waals surface area contributed by atoms with Gasteiger partial charge in [0.05, 0.1) is 0 Å². The minimum absolute atomic E-state index is 0.119. The lowest BCUT2D eigenvalue weighted by molar-refractivity contribution is 0.447. The van der Waals surface area contributed by atoms with Gasteiger partial charge in [-0.05, 0) is 63.1 Å². The molecular formula is C15H25FN2. The van der Waals surface area contributed by atoms with Crippen LogP contribution in [0.3, 0.4) is 0 Å². The smallest absolute Gasteiger partial charge is 0.126 e. The second kappa shape index (κ2) is 8.22. The Morgan fingerprint density at radius 2 is 2.06 bits per heavy atom. The number of aryl methyl sites for hydroxylation is 1.